The van der Waals surface area contributed by atoms with Crippen molar-refractivity contribution in [3.63, 3.8) is 0 Å². The summed E-state index contributed by atoms with van der Waals surface area (Å²) < 4.78 is 54.8. The molecule has 0 N–H and O–H groups in total. The van der Waals surface area contributed by atoms with Crippen LogP contribution in [0.15, 0.2) is 18.2 Å². The van der Waals surface area contributed by atoms with Crippen molar-refractivity contribution in [1.29, 1.82) is 0 Å². The van der Waals surface area contributed by atoms with E-state index in [1.165, 1.54) is 13.0 Å². The van der Waals surface area contributed by atoms with Crippen LogP contribution < -0.4 is 4.74 Å². The van der Waals surface area contributed by atoms with Crippen LogP contribution >= 0.6 is 0 Å². The standard InChI is InChI=1S/C19H24F4N2O3/c1-12(2)18(27)15(11-24-6-8-25(9-7-24)13(3)26)14-4-5-17(16(20)10-14)28-19(21,22)23/h4-5,10,12,15H,6-9,11H2,1-3H3/t15-/m1/s1. The monoisotopic (exact) mass is 404 g/mol. The second kappa shape index (κ2) is 8.89. The van der Waals surface area contributed by atoms with E-state index in [1.807, 2.05) is 4.90 Å². The molecule has 0 unspecified atom stereocenters. The summed E-state index contributed by atoms with van der Waals surface area (Å²) in [6.07, 6.45) is -4.99. The van der Waals surface area contributed by atoms with Crippen molar-refractivity contribution in [2.45, 2.75) is 33.1 Å². The van der Waals surface area contributed by atoms with Gasteiger partial charge >= 0.3 is 6.36 Å². The van der Waals surface area contributed by atoms with Crippen LogP contribution in [0.5, 0.6) is 5.75 Å². The SMILES string of the molecule is CC(=O)N1CCN(C[C@@H](C(=O)C(C)C)c2ccc(OC(F)(F)F)c(F)c2)CC1. The molecule has 0 aliphatic carbocycles. The third-order valence-corrected chi connectivity index (χ3v) is 4.75. The zero-order valence-electron chi connectivity index (χ0n) is 16.1. The highest BCUT2D eigenvalue weighted by Gasteiger charge is 2.33. The molecule has 1 amide bonds. The van der Waals surface area contributed by atoms with Crippen molar-refractivity contribution < 1.29 is 31.9 Å². The van der Waals surface area contributed by atoms with Crippen molar-refractivity contribution in [2.24, 2.45) is 5.92 Å². The van der Waals surface area contributed by atoms with Crippen LogP contribution in [0, 0.1) is 11.7 Å². The number of carbonyl (C=O) groups is 2. The van der Waals surface area contributed by atoms with Crippen molar-refractivity contribution >= 4 is 11.7 Å². The van der Waals surface area contributed by atoms with E-state index in [4.69, 9.17) is 0 Å². The van der Waals surface area contributed by atoms with E-state index in [-0.39, 0.29) is 17.6 Å². The van der Waals surface area contributed by atoms with E-state index in [1.54, 1.807) is 18.7 Å². The molecule has 1 aromatic carbocycles. The maximum Gasteiger partial charge on any atom is 0.573 e. The Labute approximate surface area is 161 Å². The average Bonchev–Trinajstić information content (AvgIpc) is 2.60. The van der Waals surface area contributed by atoms with Gasteiger partial charge in [0.25, 0.3) is 0 Å². The largest absolute Gasteiger partial charge is 0.573 e. The molecule has 28 heavy (non-hydrogen) atoms. The molecule has 9 heteroatoms. The van der Waals surface area contributed by atoms with Gasteiger partial charge in [-0.25, -0.2) is 4.39 Å². The van der Waals surface area contributed by atoms with Crippen LogP contribution in [0.4, 0.5) is 17.6 Å². The van der Waals surface area contributed by atoms with E-state index in [2.05, 4.69) is 4.74 Å². The second-order valence-electron chi connectivity index (χ2n) is 7.15. The summed E-state index contributed by atoms with van der Waals surface area (Å²) in [5.41, 5.74) is 0.305. The number of benzene rings is 1. The summed E-state index contributed by atoms with van der Waals surface area (Å²) in [6, 6.07) is 3.12. The van der Waals surface area contributed by atoms with Gasteiger partial charge in [-0.3, -0.25) is 14.5 Å². The number of halogens is 4. The fourth-order valence-electron chi connectivity index (χ4n) is 3.21. The van der Waals surface area contributed by atoms with Crippen molar-refractivity contribution in [3.8, 4) is 5.75 Å². The predicted octanol–water partition coefficient (Wildman–Crippen LogP) is 3.20. The quantitative estimate of drug-likeness (QED) is 0.684. The molecular weight excluding hydrogens is 380 g/mol. The van der Waals surface area contributed by atoms with E-state index in [9.17, 15) is 27.2 Å². The maximum atomic E-state index is 14.1. The number of amides is 1. The lowest BCUT2D eigenvalue weighted by molar-refractivity contribution is -0.275. The van der Waals surface area contributed by atoms with Gasteiger partial charge in [-0.1, -0.05) is 19.9 Å². The van der Waals surface area contributed by atoms with Crippen LogP contribution in [-0.4, -0.2) is 60.6 Å². The highest BCUT2D eigenvalue weighted by atomic mass is 19.4. The Bertz CT molecular complexity index is 714. The number of hydrogen-bond acceptors (Lipinski definition) is 4. The molecule has 0 radical (unpaired) electrons. The average molecular weight is 404 g/mol. The first kappa shape index (κ1) is 22.1. The minimum absolute atomic E-state index is 0.0169. The number of nitrogens with zero attached hydrogens (tertiary/aromatic N) is 2. The number of Topliss-reactive ketones (excluding diaryl/α,β-unsaturated/α-hetero) is 1. The van der Waals surface area contributed by atoms with Gasteiger partial charge in [0.05, 0.1) is 5.92 Å². The molecular formula is C19H24F4N2O3. The summed E-state index contributed by atoms with van der Waals surface area (Å²) in [7, 11) is 0. The summed E-state index contributed by atoms with van der Waals surface area (Å²) >= 11 is 0. The lowest BCUT2D eigenvalue weighted by Gasteiger charge is -2.36. The van der Waals surface area contributed by atoms with Gasteiger partial charge in [-0.15, -0.1) is 13.2 Å². The Kier molecular flexibility index (Phi) is 7.03. The van der Waals surface area contributed by atoms with Crippen molar-refractivity contribution in [1.82, 2.24) is 9.80 Å². The smallest absolute Gasteiger partial charge is 0.403 e. The highest BCUT2D eigenvalue weighted by molar-refractivity contribution is 5.87. The molecule has 5 nitrogen and oxygen atoms in total. The van der Waals surface area contributed by atoms with Crippen molar-refractivity contribution in [3.05, 3.63) is 29.6 Å². The number of carbonyl (C=O) groups excluding carboxylic acids is 2. The fourth-order valence-corrected chi connectivity index (χ4v) is 3.21. The summed E-state index contributed by atoms with van der Waals surface area (Å²) in [5.74, 6) is -3.24. The number of piperazine rings is 1. The van der Waals surface area contributed by atoms with Crippen LogP contribution in [-0.2, 0) is 9.59 Å². The summed E-state index contributed by atoms with van der Waals surface area (Å²) in [5, 5.41) is 0. The van der Waals surface area contributed by atoms with Gasteiger partial charge in [-0.2, -0.15) is 0 Å². The lowest BCUT2D eigenvalue weighted by Crippen LogP contribution is -2.49. The Morgan fingerprint density at radius 3 is 2.21 bits per heavy atom. The number of hydrogen-bond donors (Lipinski definition) is 0. The van der Waals surface area contributed by atoms with E-state index < -0.39 is 23.8 Å². The molecule has 0 saturated carbocycles. The van der Waals surface area contributed by atoms with Crippen LogP contribution in [0.2, 0.25) is 0 Å². The van der Waals surface area contributed by atoms with Gasteiger partial charge in [0, 0.05) is 45.6 Å². The molecule has 156 valence electrons. The predicted molar refractivity (Wildman–Crippen MR) is 94.4 cm³/mol. The molecule has 1 aliphatic rings. The summed E-state index contributed by atoms with van der Waals surface area (Å²) in [6.45, 7) is 7.45. The van der Waals surface area contributed by atoms with Gasteiger partial charge in [0.15, 0.2) is 11.6 Å². The molecule has 1 saturated heterocycles. The van der Waals surface area contributed by atoms with Crippen molar-refractivity contribution in [2.75, 3.05) is 32.7 Å². The fraction of sp³-hybridized carbons (Fsp3) is 0.579. The number of rotatable bonds is 6. The maximum absolute atomic E-state index is 14.1. The molecule has 1 fully saturated rings. The first-order chi connectivity index (χ1) is 13.0. The first-order valence-corrected chi connectivity index (χ1v) is 9.04. The van der Waals surface area contributed by atoms with E-state index >= 15 is 0 Å². The van der Waals surface area contributed by atoms with Crippen LogP contribution in [0.3, 0.4) is 0 Å². The zero-order chi connectivity index (χ0) is 21.1. The Morgan fingerprint density at radius 1 is 1.14 bits per heavy atom. The first-order valence-electron chi connectivity index (χ1n) is 9.04. The molecule has 0 aromatic heterocycles. The minimum atomic E-state index is -4.99. The van der Waals surface area contributed by atoms with E-state index in [0.717, 1.165) is 12.1 Å². The minimum Gasteiger partial charge on any atom is -0.403 e. The second-order valence-corrected chi connectivity index (χ2v) is 7.15. The number of alkyl halides is 3. The van der Waals surface area contributed by atoms with Crippen LogP contribution in [0.1, 0.15) is 32.3 Å². The van der Waals surface area contributed by atoms with Gasteiger partial charge in [-0.05, 0) is 17.7 Å². The summed E-state index contributed by atoms with van der Waals surface area (Å²) in [4.78, 5) is 27.8. The Morgan fingerprint density at radius 2 is 1.75 bits per heavy atom. The Hall–Kier alpha value is -2.16. The van der Waals surface area contributed by atoms with Gasteiger partial charge in [0.2, 0.25) is 5.91 Å². The molecule has 0 spiro atoms. The van der Waals surface area contributed by atoms with Gasteiger partial charge in [0.1, 0.15) is 5.78 Å². The molecule has 1 aliphatic heterocycles. The third-order valence-electron chi connectivity index (χ3n) is 4.75. The topological polar surface area (TPSA) is 49.9 Å². The number of ketones is 1. The third kappa shape index (κ3) is 5.92. The molecule has 1 atom stereocenters. The Balaban J connectivity index is 2.19. The van der Waals surface area contributed by atoms with Crippen LogP contribution in [0.25, 0.3) is 0 Å². The number of ether oxygens (including phenoxy) is 1. The highest BCUT2D eigenvalue weighted by Crippen LogP contribution is 2.30. The normalized spacial score (nSPS) is 16.9. The molecule has 1 heterocycles. The molecule has 0 bridgehead atoms. The lowest BCUT2D eigenvalue weighted by atomic mass is 9.88. The zero-order valence-corrected chi connectivity index (χ0v) is 16.1. The molecule has 1 aromatic rings. The molecule has 2 rings (SSSR count). The van der Waals surface area contributed by atoms with E-state index in [0.29, 0.717) is 38.3 Å². The van der Waals surface area contributed by atoms with Gasteiger partial charge < -0.3 is 9.64 Å².